The highest BCUT2D eigenvalue weighted by atomic mass is 16.5. The SMILES string of the molecule is CCc1ccccc1NC(=O)COc1ccc(N2C[C@@H](C(N)=O)CC2=O)cc1. The minimum Gasteiger partial charge on any atom is -0.484 e. The fourth-order valence-corrected chi connectivity index (χ4v) is 3.16. The summed E-state index contributed by atoms with van der Waals surface area (Å²) in [6.45, 7) is 2.19. The van der Waals surface area contributed by atoms with Crippen molar-refractivity contribution in [2.45, 2.75) is 19.8 Å². The topological polar surface area (TPSA) is 102 Å². The summed E-state index contributed by atoms with van der Waals surface area (Å²) in [4.78, 5) is 37.0. The molecule has 3 amide bonds. The number of nitrogens with two attached hydrogens (primary N) is 1. The van der Waals surface area contributed by atoms with Gasteiger partial charge in [0.1, 0.15) is 5.75 Å². The molecule has 0 aromatic heterocycles. The minimum atomic E-state index is -0.466. The van der Waals surface area contributed by atoms with Crippen LogP contribution in [0.25, 0.3) is 0 Å². The van der Waals surface area contributed by atoms with Crippen molar-refractivity contribution in [1.29, 1.82) is 0 Å². The number of primary amides is 1. The number of nitrogens with one attached hydrogen (secondary N) is 1. The van der Waals surface area contributed by atoms with Crippen LogP contribution in [0.3, 0.4) is 0 Å². The molecule has 7 nitrogen and oxygen atoms in total. The molecule has 2 aromatic carbocycles. The Hall–Kier alpha value is -3.35. The summed E-state index contributed by atoms with van der Waals surface area (Å²) in [5, 5.41) is 2.85. The van der Waals surface area contributed by atoms with Crippen molar-refractivity contribution >= 4 is 29.1 Å². The summed E-state index contributed by atoms with van der Waals surface area (Å²) in [5.74, 6) is -0.791. The number of carbonyl (C=O) groups is 3. The first kappa shape index (κ1) is 19.4. The van der Waals surface area contributed by atoms with Gasteiger partial charge in [-0.1, -0.05) is 25.1 Å². The largest absolute Gasteiger partial charge is 0.484 e. The molecule has 1 fully saturated rings. The molecule has 0 bridgehead atoms. The van der Waals surface area contributed by atoms with Crippen molar-refractivity contribution in [2.75, 3.05) is 23.4 Å². The fourth-order valence-electron chi connectivity index (χ4n) is 3.16. The van der Waals surface area contributed by atoms with Gasteiger partial charge >= 0.3 is 0 Å². The van der Waals surface area contributed by atoms with Crippen molar-refractivity contribution in [3.63, 3.8) is 0 Å². The third-order valence-electron chi connectivity index (χ3n) is 4.72. The number of aryl methyl sites for hydroxylation is 1. The Morgan fingerprint density at radius 3 is 2.54 bits per heavy atom. The molecule has 146 valence electrons. The van der Waals surface area contributed by atoms with Gasteiger partial charge in [-0.2, -0.15) is 0 Å². The van der Waals surface area contributed by atoms with Gasteiger partial charge in [-0.15, -0.1) is 0 Å². The summed E-state index contributed by atoms with van der Waals surface area (Å²) in [6, 6.07) is 14.5. The summed E-state index contributed by atoms with van der Waals surface area (Å²) in [7, 11) is 0. The summed E-state index contributed by atoms with van der Waals surface area (Å²) in [5.41, 5.74) is 7.80. The molecule has 2 aromatic rings. The normalized spacial score (nSPS) is 16.1. The molecule has 28 heavy (non-hydrogen) atoms. The third-order valence-corrected chi connectivity index (χ3v) is 4.72. The van der Waals surface area contributed by atoms with Crippen LogP contribution in [0, 0.1) is 5.92 Å². The third kappa shape index (κ3) is 4.49. The van der Waals surface area contributed by atoms with Crippen LogP contribution in [-0.2, 0) is 20.8 Å². The molecule has 0 spiro atoms. The Morgan fingerprint density at radius 2 is 1.89 bits per heavy atom. The average Bonchev–Trinajstić information content (AvgIpc) is 3.09. The first-order valence-electron chi connectivity index (χ1n) is 9.18. The lowest BCUT2D eigenvalue weighted by Crippen LogP contribution is -2.28. The summed E-state index contributed by atoms with van der Waals surface area (Å²) in [6.07, 6.45) is 0.956. The fraction of sp³-hybridized carbons (Fsp3) is 0.286. The lowest BCUT2D eigenvalue weighted by atomic mass is 10.1. The molecule has 1 saturated heterocycles. The van der Waals surface area contributed by atoms with Gasteiger partial charge in [-0.25, -0.2) is 0 Å². The Kier molecular flexibility index (Phi) is 5.93. The quantitative estimate of drug-likeness (QED) is 0.767. The predicted molar refractivity (Wildman–Crippen MR) is 106 cm³/mol. The van der Waals surface area contributed by atoms with Crippen molar-refractivity contribution < 1.29 is 19.1 Å². The van der Waals surface area contributed by atoms with Crippen LogP contribution in [0.5, 0.6) is 5.75 Å². The number of nitrogens with zero attached hydrogens (tertiary/aromatic N) is 1. The molecule has 0 radical (unpaired) electrons. The van der Waals surface area contributed by atoms with Gasteiger partial charge in [0.15, 0.2) is 6.61 Å². The number of ether oxygens (including phenoxy) is 1. The van der Waals surface area contributed by atoms with E-state index in [2.05, 4.69) is 5.32 Å². The predicted octanol–water partition coefficient (Wildman–Crippen LogP) is 2.10. The number of hydrogen-bond donors (Lipinski definition) is 2. The molecule has 3 N–H and O–H groups in total. The van der Waals surface area contributed by atoms with Crippen molar-refractivity contribution in [1.82, 2.24) is 0 Å². The van der Waals surface area contributed by atoms with E-state index in [0.717, 1.165) is 17.7 Å². The van der Waals surface area contributed by atoms with E-state index in [4.69, 9.17) is 10.5 Å². The number of para-hydroxylation sites is 1. The summed E-state index contributed by atoms with van der Waals surface area (Å²) < 4.78 is 5.53. The Morgan fingerprint density at radius 1 is 1.18 bits per heavy atom. The van der Waals surface area contributed by atoms with Crippen LogP contribution >= 0.6 is 0 Å². The van der Waals surface area contributed by atoms with Gasteiger partial charge in [0, 0.05) is 24.3 Å². The molecule has 0 saturated carbocycles. The second-order valence-electron chi connectivity index (χ2n) is 6.65. The number of hydrogen-bond acceptors (Lipinski definition) is 4. The van der Waals surface area contributed by atoms with E-state index in [1.54, 1.807) is 24.3 Å². The number of carbonyl (C=O) groups excluding carboxylic acids is 3. The lowest BCUT2D eigenvalue weighted by molar-refractivity contribution is -0.123. The van der Waals surface area contributed by atoms with Gasteiger partial charge in [0.25, 0.3) is 5.91 Å². The molecule has 3 rings (SSSR count). The smallest absolute Gasteiger partial charge is 0.262 e. The van der Waals surface area contributed by atoms with E-state index < -0.39 is 11.8 Å². The second kappa shape index (κ2) is 8.56. The van der Waals surface area contributed by atoms with Gasteiger partial charge < -0.3 is 20.7 Å². The van der Waals surface area contributed by atoms with Crippen LogP contribution in [-0.4, -0.2) is 30.9 Å². The van der Waals surface area contributed by atoms with E-state index in [1.807, 2.05) is 31.2 Å². The molecule has 0 unspecified atom stereocenters. The maximum atomic E-state index is 12.1. The molecular weight excluding hydrogens is 358 g/mol. The van der Waals surface area contributed by atoms with Crippen LogP contribution in [0.4, 0.5) is 11.4 Å². The minimum absolute atomic E-state index is 0.121. The number of anilines is 2. The maximum Gasteiger partial charge on any atom is 0.262 e. The van der Waals surface area contributed by atoms with E-state index in [0.29, 0.717) is 11.4 Å². The zero-order chi connectivity index (χ0) is 20.1. The van der Waals surface area contributed by atoms with Crippen LogP contribution in [0.2, 0.25) is 0 Å². The zero-order valence-electron chi connectivity index (χ0n) is 15.7. The van der Waals surface area contributed by atoms with E-state index >= 15 is 0 Å². The van der Waals surface area contributed by atoms with Crippen LogP contribution in [0.1, 0.15) is 18.9 Å². The van der Waals surface area contributed by atoms with E-state index in [-0.39, 0.29) is 31.4 Å². The van der Waals surface area contributed by atoms with Gasteiger partial charge in [0.2, 0.25) is 11.8 Å². The Labute approximate surface area is 163 Å². The average molecular weight is 381 g/mol. The van der Waals surface area contributed by atoms with Gasteiger partial charge in [-0.3, -0.25) is 14.4 Å². The van der Waals surface area contributed by atoms with Crippen molar-refractivity contribution in [2.24, 2.45) is 11.7 Å². The number of benzene rings is 2. The molecule has 1 aliphatic heterocycles. The Bertz CT molecular complexity index is 879. The number of rotatable bonds is 7. The molecule has 1 aliphatic rings. The van der Waals surface area contributed by atoms with Gasteiger partial charge in [0.05, 0.1) is 5.92 Å². The molecular formula is C21H23N3O4. The first-order chi connectivity index (χ1) is 13.5. The lowest BCUT2D eigenvalue weighted by Gasteiger charge is -2.17. The highest BCUT2D eigenvalue weighted by Crippen LogP contribution is 2.26. The van der Waals surface area contributed by atoms with E-state index in [9.17, 15) is 14.4 Å². The van der Waals surface area contributed by atoms with Crippen molar-refractivity contribution in [3.05, 3.63) is 54.1 Å². The first-order valence-corrected chi connectivity index (χ1v) is 9.18. The molecule has 7 heteroatoms. The molecule has 1 atom stereocenters. The van der Waals surface area contributed by atoms with Gasteiger partial charge in [-0.05, 0) is 42.3 Å². The highest BCUT2D eigenvalue weighted by molar-refractivity contribution is 6.00. The highest BCUT2D eigenvalue weighted by Gasteiger charge is 2.33. The van der Waals surface area contributed by atoms with E-state index in [1.165, 1.54) is 4.90 Å². The zero-order valence-corrected chi connectivity index (χ0v) is 15.7. The van der Waals surface area contributed by atoms with Crippen molar-refractivity contribution in [3.8, 4) is 5.75 Å². The molecule has 1 heterocycles. The maximum absolute atomic E-state index is 12.1. The van der Waals surface area contributed by atoms with Crippen LogP contribution < -0.4 is 20.7 Å². The Balaban J connectivity index is 1.55. The molecule has 0 aliphatic carbocycles. The summed E-state index contributed by atoms with van der Waals surface area (Å²) >= 11 is 0. The van der Waals surface area contributed by atoms with Crippen LogP contribution in [0.15, 0.2) is 48.5 Å². The second-order valence-corrected chi connectivity index (χ2v) is 6.65. The number of amides is 3. The standard InChI is InChI=1S/C21H23N3O4/c1-2-14-5-3-4-6-18(14)23-19(25)13-28-17-9-7-16(8-10-17)24-12-15(21(22)27)11-20(24)26/h3-10,15H,2,11-13H2,1H3,(H2,22,27)(H,23,25)/t15-/m0/s1. The monoisotopic (exact) mass is 381 g/mol.